The zero-order valence-corrected chi connectivity index (χ0v) is 8.57. The Labute approximate surface area is 87.9 Å². The van der Waals surface area contributed by atoms with Gasteiger partial charge in [0.2, 0.25) is 0 Å². The van der Waals surface area contributed by atoms with E-state index in [9.17, 15) is 0 Å². The molecule has 0 amide bonds. The van der Waals surface area contributed by atoms with Crippen LogP contribution in [0, 0.1) is 11.3 Å². The normalized spacial score (nSPS) is 9.62. The summed E-state index contributed by atoms with van der Waals surface area (Å²) < 4.78 is 0. The van der Waals surface area contributed by atoms with Crippen LogP contribution in [0.1, 0.15) is 17.5 Å². The van der Waals surface area contributed by atoms with Crippen molar-refractivity contribution in [1.82, 2.24) is 0 Å². The maximum absolute atomic E-state index is 8.78. The number of nitriles is 1. The Balaban J connectivity index is 2.89. The molecule has 0 spiro atoms. The fourth-order valence-electron chi connectivity index (χ4n) is 1.14. The van der Waals surface area contributed by atoms with Crippen LogP contribution in [0.2, 0.25) is 5.02 Å². The van der Waals surface area contributed by atoms with Gasteiger partial charge in [-0.25, -0.2) is 0 Å². The molecule has 0 aliphatic rings. The number of rotatable bonds is 3. The number of hydrogen-bond donors (Lipinski definition) is 0. The third-order valence-electron chi connectivity index (χ3n) is 1.77. The lowest BCUT2D eigenvalue weighted by Gasteiger charge is -2.02. The summed E-state index contributed by atoms with van der Waals surface area (Å²) >= 11 is 11.4. The lowest BCUT2D eigenvalue weighted by molar-refractivity contribution is 0.925. The predicted octanol–water partition coefficient (Wildman–Crippen LogP) is 3.38. The summed E-state index contributed by atoms with van der Waals surface area (Å²) in [6.07, 6.45) is 1.68. The van der Waals surface area contributed by atoms with E-state index in [1.165, 1.54) is 0 Å². The molecule has 0 radical (unpaired) electrons. The quantitative estimate of drug-likeness (QED) is 0.707. The number of nitrogens with zero attached hydrogens (tertiary/aromatic N) is 1. The van der Waals surface area contributed by atoms with Crippen molar-refractivity contribution in [3.8, 4) is 6.07 Å². The van der Waals surface area contributed by atoms with Gasteiger partial charge in [-0.2, -0.15) is 5.26 Å². The SMILES string of the molecule is N#Cc1ccc(Cl)cc1CCCCl. The number of hydrogen-bond acceptors (Lipinski definition) is 1. The summed E-state index contributed by atoms with van der Waals surface area (Å²) in [6, 6.07) is 7.42. The second-order valence-electron chi connectivity index (χ2n) is 2.71. The Morgan fingerprint density at radius 2 is 2.15 bits per heavy atom. The molecule has 3 heteroatoms. The van der Waals surface area contributed by atoms with Gasteiger partial charge in [0.05, 0.1) is 11.6 Å². The number of aryl methyl sites for hydroxylation is 1. The molecule has 0 saturated carbocycles. The van der Waals surface area contributed by atoms with E-state index in [-0.39, 0.29) is 0 Å². The molecule has 13 heavy (non-hydrogen) atoms. The van der Waals surface area contributed by atoms with E-state index in [1.807, 2.05) is 6.07 Å². The van der Waals surface area contributed by atoms with Crippen molar-refractivity contribution >= 4 is 23.2 Å². The third kappa shape index (κ3) is 2.91. The smallest absolute Gasteiger partial charge is 0.0994 e. The Kier molecular flexibility index (Phi) is 4.08. The van der Waals surface area contributed by atoms with Crippen LogP contribution in [-0.2, 0) is 6.42 Å². The van der Waals surface area contributed by atoms with Crippen molar-refractivity contribution in [3.05, 3.63) is 34.3 Å². The van der Waals surface area contributed by atoms with Gasteiger partial charge in [0.15, 0.2) is 0 Å². The zero-order chi connectivity index (χ0) is 9.68. The third-order valence-corrected chi connectivity index (χ3v) is 2.27. The van der Waals surface area contributed by atoms with Gasteiger partial charge in [0.1, 0.15) is 0 Å². The molecule has 0 aromatic heterocycles. The fourth-order valence-corrected chi connectivity index (χ4v) is 1.46. The van der Waals surface area contributed by atoms with Gasteiger partial charge in [0, 0.05) is 10.9 Å². The van der Waals surface area contributed by atoms with Crippen molar-refractivity contribution in [1.29, 1.82) is 5.26 Å². The second-order valence-corrected chi connectivity index (χ2v) is 3.52. The molecule has 0 aliphatic carbocycles. The minimum atomic E-state index is 0.609. The van der Waals surface area contributed by atoms with Gasteiger partial charge in [0.25, 0.3) is 0 Å². The number of halogens is 2. The van der Waals surface area contributed by atoms with Crippen LogP contribution >= 0.6 is 23.2 Å². The number of benzene rings is 1. The maximum atomic E-state index is 8.78. The molecule has 68 valence electrons. The van der Waals surface area contributed by atoms with Crippen molar-refractivity contribution < 1.29 is 0 Å². The molecular formula is C10H9Cl2N. The molecule has 1 rings (SSSR count). The molecule has 1 nitrogen and oxygen atoms in total. The average Bonchev–Trinajstić information content (AvgIpc) is 2.15. The standard InChI is InChI=1S/C10H9Cl2N/c11-5-1-2-8-6-10(12)4-3-9(8)7-13/h3-4,6H,1-2,5H2. The molecule has 0 heterocycles. The largest absolute Gasteiger partial charge is 0.192 e. The summed E-state index contributed by atoms with van der Waals surface area (Å²) in [6.45, 7) is 0. The molecule has 1 aromatic carbocycles. The monoisotopic (exact) mass is 213 g/mol. The second kappa shape index (κ2) is 5.11. The van der Waals surface area contributed by atoms with Crippen LogP contribution in [-0.4, -0.2) is 5.88 Å². The summed E-state index contributed by atoms with van der Waals surface area (Å²) in [5, 5.41) is 9.45. The molecule has 0 aliphatic heterocycles. The zero-order valence-electron chi connectivity index (χ0n) is 7.06. The summed E-state index contributed by atoms with van der Waals surface area (Å²) in [5.41, 5.74) is 1.67. The molecule has 0 bridgehead atoms. The summed E-state index contributed by atoms with van der Waals surface area (Å²) in [4.78, 5) is 0. The molecular weight excluding hydrogens is 205 g/mol. The highest BCUT2D eigenvalue weighted by molar-refractivity contribution is 6.30. The highest BCUT2D eigenvalue weighted by Crippen LogP contribution is 2.17. The van der Waals surface area contributed by atoms with Crippen molar-refractivity contribution in [2.45, 2.75) is 12.8 Å². The van der Waals surface area contributed by atoms with E-state index < -0.39 is 0 Å². The molecule has 1 aromatic rings. The minimum absolute atomic E-state index is 0.609. The van der Waals surface area contributed by atoms with Gasteiger partial charge in [-0.3, -0.25) is 0 Å². The number of alkyl halides is 1. The summed E-state index contributed by atoms with van der Waals surface area (Å²) in [5.74, 6) is 0.609. The van der Waals surface area contributed by atoms with Crippen LogP contribution < -0.4 is 0 Å². The van der Waals surface area contributed by atoms with Gasteiger partial charge >= 0.3 is 0 Å². The topological polar surface area (TPSA) is 23.8 Å². The van der Waals surface area contributed by atoms with Crippen LogP contribution in [0.15, 0.2) is 18.2 Å². The highest BCUT2D eigenvalue weighted by Gasteiger charge is 2.01. The maximum Gasteiger partial charge on any atom is 0.0994 e. The summed E-state index contributed by atoms with van der Waals surface area (Å²) in [7, 11) is 0. The van der Waals surface area contributed by atoms with Crippen LogP contribution in [0.25, 0.3) is 0 Å². The first-order valence-electron chi connectivity index (χ1n) is 4.02. The van der Waals surface area contributed by atoms with E-state index in [0.717, 1.165) is 18.4 Å². The molecule has 0 fully saturated rings. The van der Waals surface area contributed by atoms with Crippen molar-refractivity contribution in [3.63, 3.8) is 0 Å². The fraction of sp³-hybridized carbons (Fsp3) is 0.300. The van der Waals surface area contributed by atoms with E-state index in [4.69, 9.17) is 28.5 Å². The Morgan fingerprint density at radius 3 is 2.77 bits per heavy atom. The van der Waals surface area contributed by atoms with Crippen LogP contribution in [0.3, 0.4) is 0 Å². The minimum Gasteiger partial charge on any atom is -0.192 e. The lowest BCUT2D eigenvalue weighted by atomic mass is 10.0. The van der Waals surface area contributed by atoms with E-state index in [1.54, 1.807) is 12.1 Å². The van der Waals surface area contributed by atoms with Crippen molar-refractivity contribution in [2.75, 3.05) is 5.88 Å². The first-order chi connectivity index (χ1) is 6.27. The van der Waals surface area contributed by atoms with Crippen molar-refractivity contribution in [2.24, 2.45) is 0 Å². The van der Waals surface area contributed by atoms with E-state index >= 15 is 0 Å². The Hall–Kier alpha value is -0.710. The molecule has 0 saturated heterocycles. The average molecular weight is 214 g/mol. The Morgan fingerprint density at radius 1 is 1.38 bits per heavy atom. The molecule has 0 N–H and O–H groups in total. The van der Waals surface area contributed by atoms with E-state index in [0.29, 0.717) is 16.5 Å². The van der Waals surface area contributed by atoms with Gasteiger partial charge in [-0.05, 0) is 36.6 Å². The van der Waals surface area contributed by atoms with Crippen LogP contribution in [0.4, 0.5) is 0 Å². The van der Waals surface area contributed by atoms with Gasteiger partial charge in [-0.1, -0.05) is 11.6 Å². The predicted molar refractivity (Wildman–Crippen MR) is 55.2 cm³/mol. The van der Waals surface area contributed by atoms with E-state index in [2.05, 4.69) is 6.07 Å². The van der Waals surface area contributed by atoms with Gasteiger partial charge < -0.3 is 0 Å². The first kappa shape index (κ1) is 10.4. The van der Waals surface area contributed by atoms with Gasteiger partial charge in [-0.15, -0.1) is 11.6 Å². The highest BCUT2D eigenvalue weighted by atomic mass is 35.5. The van der Waals surface area contributed by atoms with Crippen LogP contribution in [0.5, 0.6) is 0 Å². The Bertz CT molecular complexity index is 328. The lowest BCUT2D eigenvalue weighted by Crippen LogP contribution is -1.91. The molecule has 0 unspecified atom stereocenters. The first-order valence-corrected chi connectivity index (χ1v) is 4.93. The molecule has 0 atom stereocenters.